The quantitative estimate of drug-likeness (QED) is 0.0905. The molecule has 3 unspecified atom stereocenters. The molecule has 8 N–H and O–H groups in total. The van der Waals surface area contributed by atoms with Crippen LogP contribution in [0.3, 0.4) is 0 Å². The lowest BCUT2D eigenvalue weighted by molar-refractivity contribution is -0.0478. The van der Waals surface area contributed by atoms with Crippen molar-refractivity contribution in [2.45, 2.75) is 49.0 Å². The highest BCUT2D eigenvalue weighted by Gasteiger charge is 2.49. The standard InChI is InChI=1S/C21H25N9O9P2S2/c22-15-9-1-2-29(16(9)25-6-24-15)20-14(32)13(31)10(39-20)5-37-41(35,43)11-3-8(4-36-40(34)42)38-19(11)30-7-26-12-17(30)27-21(23)28-18(12)33/h1-2,6-8,10-11,13-14,19-20,31-32H,3-5H2,(H6-,22,23,24,25,27,28,33,34,35,42,43)/p+1/t8?,10-,11-,13-,14-,19-,20-,41?/m1/s1. The number of nitrogens with two attached hydrogens (primary N) is 2. The van der Waals surface area contributed by atoms with Gasteiger partial charge in [-0.3, -0.25) is 14.3 Å². The summed E-state index contributed by atoms with van der Waals surface area (Å²) in [5.41, 5.74) is 10.6. The van der Waals surface area contributed by atoms with Gasteiger partial charge in [-0.15, -0.1) is 4.52 Å². The molecule has 4 aromatic rings. The Kier molecular flexibility index (Phi) is 8.29. The zero-order chi connectivity index (χ0) is 30.6. The van der Waals surface area contributed by atoms with Crippen molar-refractivity contribution in [3.63, 3.8) is 0 Å². The van der Waals surface area contributed by atoms with Gasteiger partial charge in [-0.2, -0.15) is 4.98 Å². The van der Waals surface area contributed by atoms with Gasteiger partial charge < -0.3 is 45.1 Å². The molecular formula is C21H26N9O9P2S2+. The van der Waals surface area contributed by atoms with Crippen molar-refractivity contribution in [1.82, 2.24) is 34.1 Å². The van der Waals surface area contributed by atoms with E-state index in [0.717, 1.165) is 0 Å². The highest BCUT2D eigenvalue weighted by atomic mass is 32.7. The van der Waals surface area contributed by atoms with E-state index in [1.807, 2.05) is 0 Å². The Balaban J connectivity index is 1.23. The third-order valence-corrected chi connectivity index (χ3v) is 10.9. The number of ether oxygens (including phenoxy) is 2. The maximum Gasteiger partial charge on any atom is 0.582 e. The van der Waals surface area contributed by atoms with Gasteiger partial charge in [0.05, 0.1) is 30.1 Å². The molecule has 2 aliphatic rings. The molecule has 0 amide bonds. The number of H-pyrrole nitrogens is 1. The molecule has 0 saturated carbocycles. The van der Waals surface area contributed by atoms with Crippen LogP contribution in [0.4, 0.5) is 11.8 Å². The molecule has 0 aliphatic carbocycles. The van der Waals surface area contributed by atoms with Crippen molar-refractivity contribution in [1.29, 1.82) is 0 Å². The Morgan fingerprint density at radius 3 is 2.72 bits per heavy atom. The molecule has 18 nitrogen and oxygen atoms in total. The summed E-state index contributed by atoms with van der Waals surface area (Å²) in [7, 11) is -2.24. The normalized spacial score (nSPS) is 29.4. The van der Waals surface area contributed by atoms with E-state index in [9.17, 15) is 24.5 Å². The number of nitrogens with zero attached hydrogens (tertiary/aromatic N) is 6. The third kappa shape index (κ3) is 5.69. The van der Waals surface area contributed by atoms with E-state index in [1.54, 1.807) is 12.3 Å². The highest BCUT2D eigenvalue weighted by Crippen LogP contribution is 2.58. The fourth-order valence-corrected chi connectivity index (χ4v) is 8.06. The molecule has 0 radical (unpaired) electrons. The van der Waals surface area contributed by atoms with Gasteiger partial charge in [0, 0.05) is 6.20 Å². The first-order valence-corrected chi connectivity index (χ1v) is 17.7. The van der Waals surface area contributed by atoms with E-state index in [4.69, 9.17) is 41.8 Å². The van der Waals surface area contributed by atoms with Gasteiger partial charge in [0.15, 0.2) is 23.9 Å². The van der Waals surface area contributed by atoms with Crippen LogP contribution in [0, 0.1) is 0 Å². The molecule has 2 aliphatic heterocycles. The van der Waals surface area contributed by atoms with E-state index in [-0.39, 0.29) is 42.6 Å². The lowest BCUT2D eigenvalue weighted by atomic mass is 10.1. The van der Waals surface area contributed by atoms with Crippen LogP contribution >= 0.6 is 26.0 Å². The largest absolute Gasteiger partial charge is 0.582 e. The Labute approximate surface area is 252 Å². The molecule has 6 heterocycles. The van der Waals surface area contributed by atoms with Crippen LogP contribution in [-0.2, 0) is 34.9 Å². The summed E-state index contributed by atoms with van der Waals surface area (Å²) in [6.07, 6.45) is -2.40. The maximum atomic E-state index is 12.3. The molecule has 0 spiro atoms. The molecule has 230 valence electrons. The summed E-state index contributed by atoms with van der Waals surface area (Å²) in [6, 6.07) is 1.66. The number of anilines is 2. The molecule has 22 heteroatoms. The number of nitrogens with one attached hydrogen (secondary N) is 1. The lowest BCUT2D eigenvalue weighted by Crippen LogP contribution is -2.34. The van der Waals surface area contributed by atoms with Crippen LogP contribution in [0.25, 0.3) is 22.2 Å². The number of aromatic amines is 1. The molecular weight excluding hydrogens is 648 g/mol. The molecule has 43 heavy (non-hydrogen) atoms. The maximum absolute atomic E-state index is 12.3. The Morgan fingerprint density at radius 1 is 1.16 bits per heavy atom. The van der Waals surface area contributed by atoms with E-state index in [1.165, 1.54) is 21.8 Å². The average Bonchev–Trinajstić information content (AvgIpc) is 3.72. The van der Waals surface area contributed by atoms with E-state index >= 15 is 0 Å². The Morgan fingerprint density at radius 2 is 1.95 bits per heavy atom. The summed E-state index contributed by atoms with van der Waals surface area (Å²) in [4.78, 5) is 42.6. The summed E-state index contributed by atoms with van der Waals surface area (Å²) >= 11 is 9.32. The summed E-state index contributed by atoms with van der Waals surface area (Å²) in [5, 5.41) is 22.1. The van der Waals surface area contributed by atoms with Crippen molar-refractivity contribution in [3.8, 4) is 0 Å². The molecule has 6 rings (SSSR count). The second-order valence-corrected chi connectivity index (χ2v) is 15.2. The average molecular weight is 675 g/mol. The van der Waals surface area contributed by atoms with Crippen molar-refractivity contribution >= 4 is 71.7 Å². The summed E-state index contributed by atoms with van der Waals surface area (Å²) in [5.74, 6) is 0.0783. The van der Waals surface area contributed by atoms with Crippen LogP contribution < -0.4 is 17.0 Å². The van der Waals surface area contributed by atoms with Crippen molar-refractivity contribution < 1.29 is 38.2 Å². The van der Waals surface area contributed by atoms with Gasteiger partial charge in [-0.1, -0.05) is 0 Å². The Hall–Kier alpha value is -2.61. The van der Waals surface area contributed by atoms with Crippen LogP contribution in [0.15, 0.2) is 29.7 Å². The number of nitrogen functional groups attached to an aromatic ring is 2. The van der Waals surface area contributed by atoms with Crippen molar-refractivity contribution in [3.05, 3.63) is 35.3 Å². The fourth-order valence-electron chi connectivity index (χ4n) is 5.23. The van der Waals surface area contributed by atoms with Gasteiger partial charge in [-0.05, 0) is 28.9 Å². The fraction of sp³-hybridized carbons (Fsp3) is 0.476. The number of aromatic nitrogens is 7. The molecule has 0 aromatic carbocycles. The first kappa shape index (κ1) is 30.4. The van der Waals surface area contributed by atoms with Crippen molar-refractivity contribution in [2.75, 3.05) is 24.7 Å². The van der Waals surface area contributed by atoms with Gasteiger partial charge in [-0.25, -0.2) is 15.0 Å². The van der Waals surface area contributed by atoms with Crippen LogP contribution in [-0.4, -0.2) is 92.4 Å². The smallest absolute Gasteiger partial charge is 0.387 e. The monoisotopic (exact) mass is 674 g/mol. The summed E-state index contributed by atoms with van der Waals surface area (Å²) < 4.78 is 37.3. The number of hydrogen-bond donors (Lipinski definition) is 7. The van der Waals surface area contributed by atoms with Crippen LogP contribution in [0.2, 0.25) is 0 Å². The second kappa shape index (κ2) is 11.7. The SMILES string of the molecule is Nc1nc2c(ncn2[C@@H]2OC(CO[P+](=O)S)C[C@H]2P(O)(=S)OC[C@H]2O[C@@H](n3ccc4c(N)ncnc43)[C@H](O)[C@@H]2O)c(=O)[nH]1. The van der Waals surface area contributed by atoms with E-state index in [0.29, 0.717) is 11.0 Å². The van der Waals surface area contributed by atoms with Gasteiger partial charge in [0.25, 0.3) is 5.56 Å². The number of fused-ring (bicyclic) bond motifs is 2. The number of hydrogen-bond acceptors (Lipinski definition) is 15. The predicted molar refractivity (Wildman–Crippen MR) is 158 cm³/mol. The predicted octanol–water partition coefficient (Wildman–Crippen LogP) is -0.0736. The number of aliphatic hydroxyl groups excluding tert-OH is 2. The van der Waals surface area contributed by atoms with E-state index in [2.05, 4.69) is 37.2 Å². The number of thiol groups is 1. The van der Waals surface area contributed by atoms with Crippen molar-refractivity contribution in [2.24, 2.45) is 0 Å². The highest BCUT2D eigenvalue weighted by molar-refractivity contribution is 8.39. The minimum atomic E-state index is -3.80. The van der Waals surface area contributed by atoms with Gasteiger partial charge in [0.2, 0.25) is 5.95 Å². The van der Waals surface area contributed by atoms with Crippen LogP contribution in [0.5, 0.6) is 0 Å². The Bertz CT molecular complexity index is 1800. The molecule has 4 aromatic heterocycles. The number of imidazole rings is 1. The third-order valence-electron chi connectivity index (χ3n) is 7.26. The summed E-state index contributed by atoms with van der Waals surface area (Å²) in [6.45, 7) is -4.32. The lowest BCUT2D eigenvalue weighted by Gasteiger charge is -2.28. The molecule has 2 saturated heterocycles. The molecule has 9 atom stereocenters. The van der Waals surface area contributed by atoms with Crippen LogP contribution in [0.1, 0.15) is 18.9 Å². The minimum absolute atomic E-state index is 0.0195. The van der Waals surface area contributed by atoms with Gasteiger partial charge in [0.1, 0.15) is 61.2 Å². The first-order valence-electron chi connectivity index (χ1n) is 12.7. The zero-order valence-corrected chi connectivity index (χ0v) is 25.4. The van der Waals surface area contributed by atoms with E-state index < -0.39 is 61.8 Å². The molecule has 0 bridgehead atoms. The first-order chi connectivity index (χ1) is 20.4. The number of aliphatic hydroxyl groups is 2. The zero-order valence-electron chi connectivity index (χ0n) is 21.9. The van der Waals surface area contributed by atoms with Gasteiger partial charge >= 0.3 is 7.23 Å². The number of rotatable bonds is 9. The minimum Gasteiger partial charge on any atom is -0.387 e. The second-order valence-electron chi connectivity index (χ2n) is 9.89. The molecule has 2 fully saturated rings. The topological polar surface area (TPSA) is 261 Å².